The summed E-state index contributed by atoms with van der Waals surface area (Å²) in [4.78, 5) is 4.30. The molecule has 128 valence electrons. The van der Waals surface area contributed by atoms with Gasteiger partial charge in [0.1, 0.15) is 6.04 Å². The van der Waals surface area contributed by atoms with Crippen molar-refractivity contribution in [2.75, 3.05) is 6.54 Å². The van der Waals surface area contributed by atoms with E-state index >= 15 is 0 Å². The van der Waals surface area contributed by atoms with Crippen molar-refractivity contribution in [3.05, 3.63) is 60.7 Å². The number of benzene rings is 1. The van der Waals surface area contributed by atoms with Gasteiger partial charge in [-0.05, 0) is 37.1 Å². The minimum Gasteiger partial charge on any atom is -0.419 e. The van der Waals surface area contributed by atoms with Crippen molar-refractivity contribution in [1.29, 1.82) is 0 Å². The monoisotopic (exact) mass is 356 g/mol. The van der Waals surface area contributed by atoms with Crippen LogP contribution < -0.4 is 0 Å². The molecule has 0 radical (unpaired) electrons. The van der Waals surface area contributed by atoms with Gasteiger partial charge < -0.3 is 4.42 Å². The highest BCUT2D eigenvalue weighted by atomic mass is 32.2. The first kappa shape index (κ1) is 15.9. The number of pyridine rings is 1. The van der Waals surface area contributed by atoms with E-state index < -0.39 is 16.1 Å². The van der Waals surface area contributed by atoms with Crippen molar-refractivity contribution in [2.24, 2.45) is 0 Å². The molecule has 1 atom stereocenters. The van der Waals surface area contributed by atoms with E-state index in [2.05, 4.69) is 15.2 Å². The van der Waals surface area contributed by atoms with Crippen LogP contribution >= 0.6 is 0 Å². The summed E-state index contributed by atoms with van der Waals surface area (Å²) in [6.07, 6.45) is 4.69. The Morgan fingerprint density at radius 3 is 2.68 bits per heavy atom. The van der Waals surface area contributed by atoms with E-state index in [4.69, 9.17) is 4.42 Å². The fraction of sp³-hybridized carbons (Fsp3) is 0.235. The Balaban J connectivity index is 1.66. The van der Waals surface area contributed by atoms with Crippen LogP contribution in [0, 0.1) is 0 Å². The summed E-state index contributed by atoms with van der Waals surface area (Å²) >= 11 is 0. The lowest BCUT2D eigenvalue weighted by Gasteiger charge is -2.21. The molecule has 1 aromatic carbocycles. The molecule has 0 saturated carbocycles. The molecule has 0 spiro atoms. The maximum Gasteiger partial charge on any atom is 0.249 e. The minimum atomic E-state index is -3.60. The zero-order chi connectivity index (χ0) is 17.3. The summed E-state index contributed by atoms with van der Waals surface area (Å²) in [6, 6.07) is 11.6. The molecule has 0 amide bonds. The first-order valence-electron chi connectivity index (χ1n) is 7.97. The molecule has 2 aromatic heterocycles. The van der Waals surface area contributed by atoms with Crippen molar-refractivity contribution in [2.45, 2.75) is 23.8 Å². The second kappa shape index (κ2) is 6.38. The Labute approximate surface area is 145 Å². The van der Waals surface area contributed by atoms with Gasteiger partial charge in [-0.2, -0.15) is 4.31 Å². The van der Waals surface area contributed by atoms with Gasteiger partial charge in [-0.1, -0.05) is 18.2 Å². The molecule has 1 saturated heterocycles. The number of aromatic nitrogens is 3. The van der Waals surface area contributed by atoms with Crippen LogP contribution in [0.15, 0.2) is 64.2 Å². The number of nitrogens with zero attached hydrogens (tertiary/aromatic N) is 4. The Bertz CT molecular complexity index is 958. The predicted octanol–water partition coefficient (Wildman–Crippen LogP) is 2.66. The molecule has 0 unspecified atom stereocenters. The SMILES string of the molecule is O=S(=O)(c1ccccc1)N1CCC[C@H]1c1nnc(-c2cccnc2)o1. The predicted molar refractivity (Wildman–Crippen MR) is 89.8 cm³/mol. The van der Waals surface area contributed by atoms with E-state index in [1.165, 1.54) is 4.31 Å². The summed E-state index contributed by atoms with van der Waals surface area (Å²) in [7, 11) is -3.60. The topological polar surface area (TPSA) is 89.2 Å². The van der Waals surface area contributed by atoms with Crippen LogP contribution in [0.1, 0.15) is 24.8 Å². The number of sulfonamides is 1. The molecule has 0 bridgehead atoms. The quantitative estimate of drug-likeness (QED) is 0.714. The Morgan fingerprint density at radius 1 is 1.08 bits per heavy atom. The van der Waals surface area contributed by atoms with Crippen molar-refractivity contribution < 1.29 is 12.8 Å². The van der Waals surface area contributed by atoms with Gasteiger partial charge in [0, 0.05) is 18.9 Å². The fourth-order valence-corrected chi connectivity index (χ4v) is 4.65. The Kier molecular flexibility index (Phi) is 4.06. The van der Waals surface area contributed by atoms with Gasteiger partial charge in [-0.15, -0.1) is 10.2 Å². The van der Waals surface area contributed by atoms with Crippen molar-refractivity contribution >= 4 is 10.0 Å². The molecule has 7 nitrogen and oxygen atoms in total. The van der Waals surface area contributed by atoms with Crippen molar-refractivity contribution in [3.8, 4) is 11.5 Å². The zero-order valence-electron chi connectivity index (χ0n) is 13.3. The van der Waals surface area contributed by atoms with Crippen LogP contribution in [0.5, 0.6) is 0 Å². The minimum absolute atomic E-state index is 0.272. The van der Waals surface area contributed by atoms with E-state index in [1.807, 2.05) is 6.07 Å². The summed E-state index contributed by atoms with van der Waals surface area (Å²) in [5.41, 5.74) is 0.705. The van der Waals surface area contributed by atoms with E-state index in [0.717, 1.165) is 6.42 Å². The average Bonchev–Trinajstić information content (AvgIpc) is 3.33. The lowest BCUT2D eigenvalue weighted by Crippen LogP contribution is -2.30. The number of rotatable bonds is 4. The molecular formula is C17H16N4O3S. The molecule has 3 aromatic rings. The smallest absolute Gasteiger partial charge is 0.249 e. The van der Waals surface area contributed by atoms with Crippen LogP contribution in [0.3, 0.4) is 0 Å². The largest absolute Gasteiger partial charge is 0.419 e. The zero-order valence-corrected chi connectivity index (χ0v) is 14.1. The van der Waals surface area contributed by atoms with Crippen LogP contribution in [0.2, 0.25) is 0 Å². The van der Waals surface area contributed by atoms with E-state index in [-0.39, 0.29) is 4.90 Å². The second-order valence-electron chi connectivity index (χ2n) is 5.77. The molecule has 1 aliphatic heterocycles. The molecule has 1 fully saturated rings. The van der Waals surface area contributed by atoms with E-state index in [1.54, 1.807) is 48.8 Å². The highest BCUT2D eigenvalue weighted by molar-refractivity contribution is 7.89. The lowest BCUT2D eigenvalue weighted by atomic mass is 10.2. The highest BCUT2D eigenvalue weighted by Gasteiger charge is 2.39. The Morgan fingerprint density at radius 2 is 1.92 bits per heavy atom. The third-order valence-electron chi connectivity index (χ3n) is 4.19. The summed E-state index contributed by atoms with van der Waals surface area (Å²) in [5.74, 6) is 0.655. The van der Waals surface area contributed by atoms with Gasteiger partial charge in [-0.3, -0.25) is 4.98 Å². The van der Waals surface area contributed by atoms with Gasteiger partial charge in [0.2, 0.25) is 21.8 Å². The van der Waals surface area contributed by atoms with Gasteiger partial charge in [-0.25, -0.2) is 8.42 Å². The molecule has 0 N–H and O–H groups in total. The molecule has 25 heavy (non-hydrogen) atoms. The molecule has 0 aliphatic carbocycles. The maximum atomic E-state index is 12.9. The number of hydrogen-bond donors (Lipinski definition) is 0. The van der Waals surface area contributed by atoms with Gasteiger partial charge in [0.15, 0.2) is 0 Å². The van der Waals surface area contributed by atoms with Gasteiger partial charge >= 0.3 is 0 Å². The first-order valence-corrected chi connectivity index (χ1v) is 9.41. The lowest BCUT2D eigenvalue weighted by molar-refractivity contribution is 0.332. The standard InChI is InChI=1S/C17H16N4O3S/c22-25(23,14-7-2-1-3-8-14)21-11-5-9-15(21)17-20-19-16(24-17)13-6-4-10-18-12-13/h1-4,6-8,10,12,15H,5,9,11H2/t15-/m0/s1. The second-order valence-corrected chi connectivity index (χ2v) is 7.66. The Hall–Kier alpha value is -2.58. The normalized spacial score (nSPS) is 18.5. The highest BCUT2D eigenvalue weighted by Crippen LogP contribution is 2.36. The van der Waals surface area contributed by atoms with Gasteiger partial charge in [0.25, 0.3) is 0 Å². The third-order valence-corrected chi connectivity index (χ3v) is 6.11. The fourth-order valence-electron chi connectivity index (χ4n) is 2.98. The summed E-state index contributed by atoms with van der Waals surface area (Å²) in [6.45, 7) is 0.437. The first-order chi connectivity index (χ1) is 12.2. The van der Waals surface area contributed by atoms with E-state index in [0.29, 0.717) is 30.3 Å². The number of hydrogen-bond acceptors (Lipinski definition) is 6. The van der Waals surface area contributed by atoms with Crippen molar-refractivity contribution in [3.63, 3.8) is 0 Å². The van der Waals surface area contributed by atoms with Gasteiger partial charge in [0.05, 0.1) is 10.5 Å². The third kappa shape index (κ3) is 2.94. The van der Waals surface area contributed by atoms with Crippen LogP contribution in [-0.4, -0.2) is 34.4 Å². The molecule has 3 heterocycles. The van der Waals surface area contributed by atoms with Crippen molar-refractivity contribution in [1.82, 2.24) is 19.5 Å². The van der Waals surface area contributed by atoms with Crippen LogP contribution in [-0.2, 0) is 10.0 Å². The summed E-state index contributed by atoms with van der Waals surface area (Å²) in [5, 5.41) is 8.12. The average molecular weight is 356 g/mol. The molecular weight excluding hydrogens is 340 g/mol. The summed E-state index contributed by atoms with van der Waals surface area (Å²) < 4.78 is 33.0. The van der Waals surface area contributed by atoms with E-state index in [9.17, 15) is 8.42 Å². The molecule has 4 rings (SSSR count). The van der Waals surface area contributed by atoms with Crippen LogP contribution in [0.25, 0.3) is 11.5 Å². The maximum absolute atomic E-state index is 12.9. The molecule has 1 aliphatic rings. The van der Waals surface area contributed by atoms with Crippen LogP contribution in [0.4, 0.5) is 0 Å². The molecule has 8 heteroatoms.